The maximum Gasteiger partial charge on any atom is 0.137 e. The van der Waals surface area contributed by atoms with Crippen molar-refractivity contribution in [2.24, 2.45) is 4.36 Å². The monoisotopic (exact) mass is 467 g/mol. The number of rotatable bonds is 4. The second-order valence-corrected chi connectivity index (χ2v) is 10.8. The van der Waals surface area contributed by atoms with Gasteiger partial charge in [0.15, 0.2) is 0 Å². The molecule has 4 unspecified atom stereocenters. The molecule has 1 saturated carbocycles. The first-order valence-electron chi connectivity index (χ1n) is 10.9. The number of halogens is 1. The van der Waals surface area contributed by atoms with Crippen molar-refractivity contribution in [3.05, 3.63) is 77.8 Å². The molecule has 1 aromatic heterocycles. The number of aromatic nitrogens is 1. The summed E-state index contributed by atoms with van der Waals surface area (Å²) < 4.78 is 23.3. The number of para-hydroxylation sites is 2. The molecule has 2 N–H and O–H groups in total. The van der Waals surface area contributed by atoms with Crippen LogP contribution in [0, 0.1) is 0 Å². The van der Waals surface area contributed by atoms with E-state index in [2.05, 4.69) is 37.9 Å². The van der Waals surface area contributed by atoms with Crippen LogP contribution in [0.15, 0.2) is 82.1 Å². The minimum atomic E-state index is -2.89. The van der Waals surface area contributed by atoms with E-state index in [0.717, 1.165) is 30.3 Å². The van der Waals surface area contributed by atoms with Crippen LogP contribution in [-0.2, 0) is 9.92 Å². The smallest absolute Gasteiger partial charge is 0.137 e. The van der Waals surface area contributed by atoms with Gasteiger partial charge < -0.3 is 9.67 Å². The van der Waals surface area contributed by atoms with Crippen LogP contribution in [-0.4, -0.2) is 33.1 Å². The lowest BCUT2D eigenvalue weighted by Gasteiger charge is -2.37. The summed E-state index contributed by atoms with van der Waals surface area (Å²) in [4.78, 5) is 0.565. The Kier molecular flexibility index (Phi) is 5.72. The molecule has 5 nitrogen and oxygen atoms in total. The Bertz CT molecular complexity index is 1340. The molecule has 1 fully saturated rings. The van der Waals surface area contributed by atoms with E-state index < -0.39 is 16.0 Å². The van der Waals surface area contributed by atoms with Gasteiger partial charge in [0.2, 0.25) is 0 Å². The first-order chi connectivity index (χ1) is 15.5. The summed E-state index contributed by atoms with van der Waals surface area (Å²) in [6, 6.07) is 23.0. The molecule has 1 aliphatic rings. The first-order valence-corrected chi connectivity index (χ1v) is 12.7. The standard InChI is InChI=1S/C25H26ClN3O2S/c1-27-32(31,18-15-13-17(26)14-16-18)28-21-9-6-12-24(25(21)30)29-22-10-4-2-7-19(22)20-8-3-5-11-23(20)29/h2-5,7-8,10-11,13-16,21,24-25,30H,6,9,12H2,1H3,(H,27,28,31). The number of nitrogens with one attached hydrogen (secondary N) is 1. The highest BCUT2D eigenvalue weighted by Crippen LogP contribution is 2.38. The fourth-order valence-electron chi connectivity index (χ4n) is 4.93. The summed E-state index contributed by atoms with van der Waals surface area (Å²) in [5, 5.41) is 14.4. The van der Waals surface area contributed by atoms with Gasteiger partial charge in [0.1, 0.15) is 9.92 Å². The van der Waals surface area contributed by atoms with Crippen LogP contribution < -0.4 is 4.72 Å². The van der Waals surface area contributed by atoms with Crippen molar-refractivity contribution in [1.82, 2.24) is 9.29 Å². The Balaban J connectivity index is 1.53. The molecule has 4 atom stereocenters. The summed E-state index contributed by atoms with van der Waals surface area (Å²) in [6.07, 6.45) is 1.79. The van der Waals surface area contributed by atoms with Crippen LogP contribution in [0.5, 0.6) is 0 Å². The Morgan fingerprint density at radius 3 is 2.16 bits per heavy atom. The summed E-state index contributed by atoms with van der Waals surface area (Å²) in [5.41, 5.74) is 2.22. The second-order valence-electron chi connectivity index (χ2n) is 8.28. The van der Waals surface area contributed by atoms with Crippen molar-refractivity contribution in [2.75, 3.05) is 7.05 Å². The third-order valence-electron chi connectivity index (χ3n) is 6.47. The molecule has 0 spiro atoms. The Hall–Kier alpha value is -2.38. The minimum absolute atomic E-state index is 0.128. The number of benzene rings is 3. The van der Waals surface area contributed by atoms with Crippen LogP contribution in [0.2, 0.25) is 5.02 Å². The molecule has 5 rings (SSSR count). The van der Waals surface area contributed by atoms with E-state index in [0.29, 0.717) is 9.92 Å². The van der Waals surface area contributed by atoms with Gasteiger partial charge in [-0.1, -0.05) is 48.0 Å². The number of hydrogen-bond donors (Lipinski definition) is 2. The van der Waals surface area contributed by atoms with Gasteiger partial charge in [-0.3, -0.25) is 0 Å². The van der Waals surface area contributed by atoms with Crippen molar-refractivity contribution >= 4 is 43.3 Å². The SMILES string of the molecule is CN=S(=O)(NC1CCCC(n2c3ccccc3c3ccccc32)C1O)c1ccc(Cl)cc1. The molecule has 3 aromatic carbocycles. The molecule has 1 aliphatic carbocycles. The molecule has 166 valence electrons. The number of aliphatic hydroxyl groups is 1. The fraction of sp³-hybridized carbons (Fsp3) is 0.280. The molecule has 0 radical (unpaired) electrons. The second kappa shape index (κ2) is 8.52. The van der Waals surface area contributed by atoms with E-state index in [1.807, 2.05) is 24.3 Å². The molecule has 4 aromatic rings. The van der Waals surface area contributed by atoms with Crippen molar-refractivity contribution in [3.8, 4) is 0 Å². The molecule has 0 aliphatic heterocycles. The number of aliphatic hydroxyl groups excluding tert-OH is 1. The van der Waals surface area contributed by atoms with Gasteiger partial charge in [-0.2, -0.15) is 0 Å². The Morgan fingerprint density at radius 1 is 0.969 bits per heavy atom. The molecule has 1 heterocycles. The summed E-state index contributed by atoms with van der Waals surface area (Å²) in [7, 11) is -1.34. The average molecular weight is 468 g/mol. The maximum absolute atomic E-state index is 13.7. The maximum atomic E-state index is 13.7. The minimum Gasteiger partial charge on any atom is -0.389 e. The number of hydrogen-bond acceptors (Lipinski definition) is 3. The molecular weight excluding hydrogens is 442 g/mol. The van der Waals surface area contributed by atoms with Gasteiger partial charge in [0, 0.05) is 39.9 Å². The van der Waals surface area contributed by atoms with E-state index >= 15 is 0 Å². The van der Waals surface area contributed by atoms with Gasteiger partial charge in [-0.15, -0.1) is 0 Å². The van der Waals surface area contributed by atoms with E-state index in [9.17, 15) is 9.32 Å². The third-order valence-corrected chi connectivity index (χ3v) is 8.77. The summed E-state index contributed by atoms with van der Waals surface area (Å²) in [6.45, 7) is 0. The van der Waals surface area contributed by atoms with Gasteiger partial charge in [0.25, 0.3) is 0 Å². The van der Waals surface area contributed by atoms with Crippen LogP contribution in [0.3, 0.4) is 0 Å². The van der Waals surface area contributed by atoms with E-state index in [-0.39, 0.29) is 12.1 Å². The van der Waals surface area contributed by atoms with Crippen LogP contribution in [0.25, 0.3) is 21.8 Å². The van der Waals surface area contributed by atoms with Crippen molar-refractivity contribution < 1.29 is 9.32 Å². The lowest BCUT2D eigenvalue weighted by atomic mass is 9.88. The van der Waals surface area contributed by atoms with Gasteiger partial charge in [-0.05, 0) is 55.7 Å². The molecule has 0 bridgehead atoms. The van der Waals surface area contributed by atoms with Crippen LogP contribution in [0.1, 0.15) is 25.3 Å². The van der Waals surface area contributed by atoms with Crippen molar-refractivity contribution in [2.45, 2.75) is 42.3 Å². The Morgan fingerprint density at radius 2 is 1.56 bits per heavy atom. The normalized spacial score (nSPS) is 23.3. The highest BCUT2D eigenvalue weighted by molar-refractivity contribution is 7.91. The lowest BCUT2D eigenvalue weighted by Crippen LogP contribution is -2.49. The lowest BCUT2D eigenvalue weighted by molar-refractivity contribution is 0.0550. The van der Waals surface area contributed by atoms with Crippen molar-refractivity contribution in [3.63, 3.8) is 0 Å². The predicted octanol–water partition coefficient (Wildman–Crippen LogP) is 5.56. The quantitative estimate of drug-likeness (QED) is 0.412. The molecule has 7 heteroatoms. The van der Waals surface area contributed by atoms with Gasteiger partial charge in [0.05, 0.1) is 17.0 Å². The number of nitrogens with zero attached hydrogens (tertiary/aromatic N) is 2. The van der Waals surface area contributed by atoms with E-state index in [4.69, 9.17) is 11.6 Å². The zero-order valence-corrected chi connectivity index (χ0v) is 19.4. The first kappa shape index (κ1) is 21.5. The summed E-state index contributed by atoms with van der Waals surface area (Å²) in [5.74, 6) is 0. The molecule has 0 saturated heterocycles. The van der Waals surface area contributed by atoms with Gasteiger partial charge in [-0.25, -0.2) is 13.3 Å². The Labute approximate surface area is 193 Å². The van der Waals surface area contributed by atoms with E-state index in [1.54, 1.807) is 31.3 Å². The topological polar surface area (TPSA) is 66.6 Å². The average Bonchev–Trinajstić information content (AvgIpc) is 3.15. The third kappa shape index (κ3) is 3.61. The largest absolute Gasteiger partial charge is 0.389 e. The van der Waals surface area contributed by atoms with Crippen LogP contribution >= 0.6 is 11.6 Å². The predicted molar refractivity (Wildman–Crippen MR) is 131 cm³/mol. The van der Waals surface area contributed by atoms with Gasteiger partial charge >= 0.3 is 0 Å². The van der Waals surface area contributed by atoms with Crippen LogP contribution in [0.4, 0.5) is 0 Å². The molecule has 0 amide bonds. The zero-order valence-electron chi connectivity index (χ0n) is 17.8. The summed E-state index contributed by atoms with van der Waals surface area (Å²) >= 11 is 6.01. The highest BCUT2D eigenvalue weighted by atomic mass is 35.5. The van der Waals surface area contributed by atoms with Crippen molar-refractivity contribution in [1.29, 1.82) is 0 Å². The molecular formula is C25H26ClN3O2S. The fourth-order valence-corrected chi connectivity index (χ4v) is 6.68. The zero-order chi connectivity index (χ0) is 22.3. The van der Waals surface area contributed by atoms with E-state index in [1.165, 1.54) is 10.8 Å². The highest BCUT2D eigenvalue weighted by Gasteiger charge is 2.36. The number of fused-ring (bicyclic) bond motifs is 3. The molecule has 32 heavy (non-hydrogen) atoms.